The molecule has 6 atom stereocenters. The van der Waals surface area contributed by atoms with Gasteiger partial charge in [0.25, 0.3) is 0 Å². The van der Waals surface area contributed by atoms with Crippen molar-refractivity contribution in [3.63, 3.8) is 0 Å². The number of nitrogens with zero attached hydrogens (tertiary/aromatic N) is 1. The maximum atomic E-state index is 12.2. The maximum Gasteiger partial charge on any atom is 0.413 e. The van der Waals surface area contributed by atoms with E-state index in [4.69, 9.17) is 24.4 Å². The van der Waals surface area contributed by atoms with Crippen LogP contribution >= 0.6 is 0 Å². The number of carbonyl (C=O) groups excluding carboxylic acids is 1. The molecule has 5 aliphatic carbocycles. The number of piperidine rings is 1. The molecule has 0 aromatic heterocycles. The van der Waals surface area contributed by atoms with Crippen LogP contribution in [-0.4, -0.2) is 67.0 Å². The predicted octanol–water partition coefficient (Wildman–Crippen LogP) is 6.29. The molecular formula is C38H49N3O5. The molecule has 4 bridgehead atoms. The summed E-state index contributed by atoms with van der Waals surface area (Å²) in [5.41, 5.74) is 5.01. The lowest BCUT2D eigenvalue weighted by Gasteiger charge is -2.74. The fraction of sp³-hybridized carbons (Fsp3) is 0.632. The molecular weight excluding hydrogens is 578 g/mol. The first-order valence-electron chi connectivity index (χ1n) is 17.3. The molecule has 5 fully saturated rings. The third kappa shape index (κ3) is 4.42. The second-order valence-corrected chi connectivity index (χ2v) is 16.1. The number of benzene rings is 2. The Bertz CT molecular complexity index is 1580. The van der Waals surface area contributed by atoms with Gasteiger partial charge in [0.2, 0.25) is 0 Å². The zero-order valence-electron chi connectivity index (χ0n) is 28.0. The van der Waals surface area contributed by atoms with E-state index in [2.05, 4.69) is 29.3 Å². The number of hydrogen-bond donors (Lipinski definition) is 2. The smallest absolute Gasteiger partial charge is 0.413 e. The third-order valence-corrected chi connectivity index (χ3v) is 12.5. The van der Waals surface area contributed by atoms with Gasteiger partial charge in [0.1, 0.15) is 28.9 Å². The van der Waals surface area contributed by atoms with Gasteiger partial charge < -0.3 is 18.9 Å². The summed E-state index contributed by atoms with van der Waals surface area (Å²) in [4.78, 5) is 15.1. The van der Waals surface area contributed by atoms with Crippen LogP contribution in [0.3, 0.4) is 0 Å². The van der Waals surface area contributed by atoms with Crippen molar-refractivity contribution in [1.82, 2.24) is 10.2 Å². The second kappa shape index (κ2) is 10.5. The number of hydrogen-bond acceptors (Lipinski definition) is 7. The zero-order chi connectivity index (χ0) is 32.1. The molecule has 2 aromatic carbocycles. The van der Waals surface area contributed by atoms with Crippen LogP contribution in [0.4, 0.5) is 4.79 Å². The number of likely N-dealkylation sites (tertiary alicyclic amines) is 1. The van der Waals surface area contributed by atoms with Crippen LogP contribution in [0.15, 0.2) is 36.4 Å². The number of aryl methyl sites for hydroxylation is 1. The van der Waals surface area contributed by atoms with Gasteiger partial charge in [0.05, 0.1) is 13.2 Å². The Morgan fingerprint density at radius 3 is 2.74 bits per heavy atom. The quantitative estimate of drug-likeness (QED) is 0.264. The van der Waals surface area contributed by atoms with E-state index in [1.165, 1.54) is 42.5 Å². The van der Waals surface area contributed by atoms with Crippen molar-refractivity contribution in [3.05, 3.63) is 64.2 Å². The van der Waals surface area contributed by atoms with Gasteiger partial charge in [0.15, 0.2) is 0 Å². The van der Waals surface area contributed by atoms with Gasteiger partial charge in [0, 0.05) is 47.6 Å². The van der Waals surface area contributed by atoms with Crippen molar-refractivity contribution in [2.45, 2.75) is 108 Å². The summed E-state index contributed by atoms with van der Waals surface area (Å²) in [5, 5.41) is 11.0. The molecule has 2 unspecified atom stereocenters. The van der Waals surface area contributed by atoms with E-state index in [9.17, 15) is 4.79 Å². The van der Waals surface area contributed by atoms with Gasteiger partial charge in [-0.1, -0.05) is 30.3 Å². The summed E-state index contributed by atoms with van der Waals surface area (Å²) in [6, 6.07) is 12.9. The molecule has 4 saturated carbocycles. The molecule has 2 spiro atoms. The van der Waals surface area contributed by atoms with Crippen molar-refractivity contribution in [1.29, 1.82) is 5.41 Å². The predicted molar refractivity (Wildman–Crippen MR) is 175 cm³/mol. The average Bonchev–Trinajstić information content (AvgIpc) is 3.75. The maximum absolute atomic E-state index is 12.2. The monoisotopic (exact) mass is 627 g/mol. The summed E-state index contributed by atoms with van der Waals surface area (Å²) < 4.78 is 25.8. The Morgan fingerprint density at radius 2 is 1.98 bits per heavy atom. The number of alkyl carbamates (subject to hydrolysis) is 1. The lowest BCUT2D eigenvalue weighted by Crippen LogP contribution is -2.81. The Labute approximate surface area is 273 Å². The number of ether oxygens (including phenoxy) is 4. The highest BCUT2D eigenvalue weighted by Gasteiger charge is 2.80. The Kier molecular flexibility index (Phi) is 6.96. The molecule has 1 saturated heterocycles. The van der Waals surface area contributed by atoms with Gasteiger partial charge in [-0.25, -0.2) is 4.79 Å². The van der Waals surface area contributed by atoms with Gasteiger partial charge >= 0.3 is 6.09 Å². The normalized spacial score (nSPS) is 33.7. The van der Waals surface area contributed by atoms with Gasteiger partial charge in [-0.2, -0.15) is 0 Å². The number of nitrogens with one attached hydrogen (secondary N) is 2. The summed E-state index contributed by atoms with van der Waals surface area (Å²) in [5.74, 6) is 2.25. The summed E-state index contributed by atoms with van der Waals surface area (Å²) in [6.45, 7) is 11.1. The number of carbonyl (C=O) groups is 1. The molecule has 246 valence electrons. The lowest BCUT2D eigenvalue weighted by atomic mass is 9.35. The highest BCUT2D eigenvalue weighted by molar-refractivity contribution is 6.04. The topological polar surface area (TPSA) is 93.1 Å². The Morgan fingerprint density at radius 1 is 1.15 bits per heavy atom. The van der Waals surface area contributed by atoms with E-state index < -0.39 is 17.3 Å². The number of methoxy groups -OCH3 is 1. The van der Waals surface area contributed by atoms with E-state index in [1.54, 1.807) is 20.8 Å². The van der Waals surface area contributed by atoms with E-state index >= 15 is 0 Å². The minimum Gasteiger partial charge on any atom is -0.486 e. The molecule has 0 radical (unpaired) electrons. The van der Waals surface area contributed by atoms with E-state index in [1.807, 2.05) is 31.4 Å². The number of rotatable bonds is 8. The van der Waals surface area contributed by atoms with Gasteiger partial charge in [-0.3, -0.25) is 15.6 Å². The first-order chi connectivity index (χ1) is 22.0. The number of fused-ring (bicyclic) bond motifs is 2. The van der Waals surface area contributed by atoms with Gasteiger partial charge in [-0.15, -0.1) is 0 Å². The lowest BCUT2D eigenvalue weighted by molar-refractivity contribution is -0.283. The van der Waals surface area contributed by atoms with Crippen LogP contribution in [0.1, 0.15) is 87.1 Å². The SMILES string of the molecule is COC12CCC3(C[C@@H]1COCc1cccc(C(=N)NC(=O)OC(C)(C)C)c1)[C@H]1Cc4ccc(C)c5c4[C@@]3(CCN1CC1CC1)[C@H]2O5. The van der Waals surface area contributed by atoms with Crippen molar-refractivity contribution in [2.24, 2.45) is 17.3 Å². The second-order valence-electron chi connectivity index (χ2n) is 16.1. The summed E-state index contributed by atoms with van der Waals surface area (Å²) in [7, 11) is 1.90. The van der Waals surface area contributed by atoms with Crippen LogP contribution < -0.4 is 10.1 Å². The molecule has 8 nitrogen and oxygen atoms in total. The Balaban J connectivity index is 1.05. The highest BCUT2D eigenvalue weighted by atomic mass is 16.6. The highest BCUT2D eigenvalue weighted by Crippen LogP contribution is 2.76. The molecule has 9 rings (SSSR count). The molecule has 2 N–H and O–H groups in total. The summed E-state index contributed by atoms with van der Waals surface area (Å²) >= 11 is 0. The van der Waals surface area contributed by atoms with Crippen molar-refractivity contribution < 1.29 is 23.7 Å². The van der Waals surface area contributed by atoms with E-state index in [0.29, 0.717) is 24.8 Å². The minimum atomic E-state index is -0.629. The molecule has 2 aromatic rings. The van der Waals surface area contributed by atoms with Crippen LogP contribution in [0.2, 0.25) is 0 Å². The van der Waals surface area contributed by atoms with Crippen LogP contribution in [-0.2, 0) is 32.7 Å². The molecule has 46 heavy (non-hydrogen) atoms. The van der Waals surface area contributed by atoms with Crippen LogP contribution in [0, 0.1) is 29.6 Å². The minimum absolute atomic E-state index is 0.00422. The van der Waals surface area contributed by atoms with Crippen molar-refractivity contribution in [2.75, 3.05) is 26.8 Å². The number of amidine groups is 1. The average molecular weight is 628 g/mol. The molecule has 8 heteroatoms. The van der Waals surface area contributed by atoms with Gasteiger partial charge in [-0.05, 0) is 108 Å². The molecule has 7 aliphatic rings. The molecule has 2 aliphatic heterocycles. The van der Waals surface area contributed by atoms with E-state index in [0.717, 1.165) is 49.5 Å². The van der Waals surface area contributed by atoms with Crippen LogP contribution in [0.5, 0.6) is 5.75 Å². The van der Waals surface area contributed by atoms with Crippen molar-refractivity contribution in [3.8, 4) is 5.75 Å². The first-order valence-corrected chi connectivity index (χ1v) is 17.3. The largest absolute Gasteiger partial charge is 0.486 e. The van der Waals surface area contributed by atoms with Crippen molar-refractivity contribution >= 4 is 11.9 Å². The first kappa shape index (κ1) is 30.4. The summed E-state index contributed by atoms with van der Waals surface area (Å²) in [6.07, 6.45) is 7.70. The fourth-order valence-electron chi connectivity index (χ4n) is 10.5. The Hall–Kier alpha value is -2.94. The number of amides is 1. The molecule has 2 heterocycles. The van der Waals surface area contributed by atoms with Crippen LogP contribution in [0.25, 0.3) is 0 Å². The third-order valence-electron chi connectivity index (χ3n) is 12.5. The molecule has 1 amide bonds. The standard InChI is InChI=1S/C38H49N3O5/c1-23-9-12-26-18-29-36-13-14-38(43-5,33-37(36,30(26)31(23)45-33)15-16-41(29)20-24-10-11-24)28(19-36)22-44-21-25-7-6-8-27(17-25)32(39)40-34(42)46-35(2,3)4/h6-9,12,17,24,28-29,33H,10-11,13-16,18-22H2,1-5H3,(H2,39,40,42)/t28-,29-,33-,36?,37+,38?/m1/s1. The zero-order valence-corrected chi connectivity index (χ0v) is 28.0. The fourth-order valence-corrected chi connectivity index (χ4v) is 10.5. The van der Waals surface area contributed by atoms with E-state index in [-0.39, 0.29) is 28.7 Å².